The second kappa shape index (κ2) is 8.53. The van der Waals surface area contributed by atoms with Crippen molar-refractivity contribution in [1.82, 2.24) is 9.97 Å². The first kappa shape index (κ1) is 21.9. The highest BCUT2D eigenvalue weighted by molar-refractivity contribution is 7.13. The Labute approximate surface area is 175 Å². The molecule has 30 heavy (non-hydrogen) atoms. The van der Waals surface area contributed by atoms with Crippen LogP contribution in [0.4, 0.5) is 13.2 Å². The van der Waals surface area contributed by atoms with Crippen LogP contribution in [0.3, 0.4) is 0 Å². The fourth-order valence-electron chi connectivity index (χ4n) is 2.63. The van der Waals surface area contributed by atoms with Crippen LogP contribution in [-0.2, 0) is 0 Å². The molecule has 9 heteroatoms. The maximum absolute atomic E-state index is 12.7. The minimum absolute atomic E-state index is 0.0994. The Morgan fingerprint density at radius 2 is 1.83 bits per heavy atom. The number of rotatable bonds is 7. The molecule has 3 rings (SSSR count). The van der Waals surface area contributed by atoms with Gasteiger partial charge in [-0.1, -0.05) is 6.07 Å². The standard InChI is InChI=1S/C21H19F3N2O3S/c1-20(2,28)10-9-17(27)16-12-15(25-19(26-16)18-4-3-11-30-18)13-5-7-14(8-6-13)29-21(22,23)24/h3-8,11-12,28H,9-10H2,1-2H3. The van der Waals surface area contributed by atoms with E-state index < -0.39 is 12.0 Å². The number of ether oxygens (including phenoxy) is 1. The summed E-state index contributed by atoms with van der Waals surface area (Å²) < 4.78 is 41.0. The van der Waals surface area contributed by atoms with E-state index in [0.717, 1.165) is 4.88 Å². The van der Waals surface area contributed by atoms with E-state index >= 15 is 0 Å². The monoisotopic (exact) mass is 436 g/mol. The quantitative estimate of drug-likeness (QED) is 0.495. The minimum Gasteiger partial charge on any atom is -0.406 e. The number of halogens is 3. The lowest BCUT2D eigenvalue weighted by Gasteiger charge is -2.16. The highest BCUT2D eigenvalue weighted by atomic mass is 32.1. The zero-order valence-electron chi connectivity index (χ0n) is 16.2. The summed E-state index contributed by atoms with van der Waals surface area (Å²) in [7, 11) is 0. The molecular weight excluding hydrogens is 417 g/mol. The van der Waals surface area contributed by atoms with Crippen molar-refractivity contribution >= 4 is 17.1 Å². The number of alkyl halides is 3. The summed E-state index contributed by atoms with van der Waals surface area (Å²) in [5, 5.41) is 11.7. The smallest absolute Gasteiger partial charge is 0.406 e. The third-order valence-electron chi connectivity index (χ3n) is 4.10. The summed E-state index contributed by atoms with van der Waals surface area (Å²) in [5.41, 5.74) is 0.110. The van der Waals surface area contributed by atoms with E-state index in [9.17, 15) is 23.1 Å². The second-order valence-electron chi connectivity index (χ2n) is 7.25. The maximum Gasteiger partial charge on any atom is 0.573 e. The lowest BCUT2D eigenvalue weighted by Crippen LogP contribution is -2.20. The van der Waals surface area contributed by atoms with Crippen molar-refractivity contribution in [3.63, 3.8) is 0 Å². The first-order chi connectivity index (χ1) is 14.0. The zero-order chi connectivity index (χ0) is 21.9. The Balaban J connectivity index is 1.95. The third-order valence-corrected chi connectivity index (χ3v) is 4.97. The largest absolute Gasteiger partial charge is 0.573 e. The molecule has 0 atom stereocenters. The summed E-state index contributed by atoms with van der Waals surface area (Å²) in [6, 6.07) is 10.4. The van der Waals surface area contributed by atoms with Gasteiger partial charge in [-0.15, -0.1) is 24.5 Å². The number of aliphatic hydroxyl groups is 1. The number of Topliss-reactive ketones (excluding diaryl/α,β-unsaturated/α-hetero) is 1. The van der Waals surface area contributed by atoms with Crippen LogP contribution >= 0.6 is 11.3 Å². The first-order valence-corrected chi connectivity index (χ1v) is 9.93. The highest BCUT2D eigenvalue weighted by Gasteiger charge is 2.31. The average Bonchev–Trinajstić information content (AvgIpc) is 3.19. The summed E-state index contributed by atoms with van der Waals surface area (Å²) in [5.74, 6) is -0.249. The second-order valence-corrected chi connectivity index (χ2v) is 8.19. The van der Waals surface area contributed by atoms with Crippen LogP contribution in [0.2, 0.25) is 0 Å². The molecule has 1 N–H and O–H groups in total. The van der Waals surface area contributed by atoms with Gasteiger partial charge < -0.3 is 9.84 Å². The van der Waals surface area contributed by atoms with E-state index in [4.69, 9.17) is 0 Å². The number of carbonyl (C=O) groups excluding carboxylic acids is 1. The molecule has 1 aromatic carbocycles. The Morgan fingerprint density at radius 1 is 1.13 bits per heavy atom. The van der Waals surface area contributed by atoms with Gasteiger partial charge in [-0.3, -0.25) is 4.79 Å². The normalized spacial score (nSPS) is 12.1. The van der Waals surface area contributed by atoms with E-state index in [1.165, 1.54) is 41.7 Å². The SMILES string of the molecule is CC(C)(O)CCC(=O)c1cc(-c2ccc(OC(F)(F)F)cc2)nc(-c2cccs2)n1. The topological polar surface area (TPSA) is 72.3 Å². The maximum atomic E-state index is 12.7. The Morgan fingerprint density at radius 3 is 2.40 bits per heavy atom. The van der Waals surface area contributed by atoms with E-state index in [1.54, 1.807) is 13.8 Å². The number of aromatic nitrogens is 2. The van der Waals surface area contributed by atoms with Gasteiger partial charge in [0, 0.05) is 12.0 Å². The first-order valence-electron chi connectivity index (χ1n) is 9.05. The van der Waals surface area contributed by atoms with Gasteiger partial charge in [0.2, 0.25) is 0 Å². The molecule has 0 saturated heterocycles. The molecule has 0 fully saturated rings. The molecule has 0 amide bonds. The number of thiophene rings is 1. The van der Waals surface area contributed by atoms with Crippen LogP contribution in [0.1, 0.15) is 37.2 Å². The van der Waals surface area contributed by atoms with Crippen LogP contribution in [0.15, 0.2) is 47.8 Å². The van der Waals surface area contributed by atoms with Gasteiger partial charge >= 0.3 is 6.36 Å². The van der Waals surface area contributed by atoms with Gasteiger partial charge in [-0.2, -0.15) is 0 Å². The third kappa shape index (κ3) is 6.11. The van der Waals surface area contributed by atoms with Gasteiger partial charge in [0.15, 0.2) is 11.6 Å². The number of hydrogen-bond donors (Lipinski definition) is 1. The minimum atomic E-state index is -4.77. The number of nitrogens with zero attached hydrogens (tertiary/aromatic N) is 2. The molecule has 0 bridgehead atoms. The van der Waals surface area contributed by atoms with Crippen molar-refractivity contribution in [2.75, 3.05) is 0 Å². The number of carbonyl (C=O) groups is 1. The summed E-state index contributed by atoms with van der Waals surface area (Å²) in [6.07, 6.45) is -4.41. The van der Waals surface area contributed by atoms with Crippen molar-refractivity contribution < 1.29 is 27.8 Å². The molecular formula is C21H19F3N2O3S. The predicted molar refractivity (Wildman–Crippen MR) is 107 cm³/mol. The van der Waals surface area contributed by atoms with E-state index in [2.05, 4.69) is 14.7 Å². The zero-order valence-corrected chi connectivity index (χ0v) is 17.0. The summed E-state index contributed by atoms with van der Waals surface area (Å²) >= 11 is 1.41. The number of benzene rings is 1. The van der Waals surface area contributed by atoms with Gasteiger partial charge in [0.05, 0.1) is 16.2 Å². The molecule has 0 spiro atoms. The Bertz CT molecular complexity index is 1010. The van der Waals surface area contributed by atoms with Gasteiger partial charge in [-0.05, 0) is 62.0 Å². The number of hydrogen-bond acceptors (Lipinski definition) is 6. The molecule has 0 saturated carbocycles. The molecule has 5 nitrogen and oxygen atoms in total. The molecule has 0 radical (unpaired) electrons. The van der Waals surface area contributed by atoms with Crippen LogP contribution in [-0.4, -0.2) is 32.8 Å². The molecule has 158 valence electrons. The fourth-order valence-corrected chi connectivity index (χ4v) is 3.29. The number of ketones is 1. The lowest BCUT2D eigenvalue weighted by molar-refractivity contribution is -0.274. The van der Waals surface area contributed by atoms with Crippen molar-refractivity contribution in [2.45, 2.75) is 38.7 Å². The Hall–Kier alpha value is -2.78. The van der Waals surface area contributed by atoms with E-state index in [-0.39, 0.29) is 30.1 Å². The molecule has 3 aromatic rings. The lowest BCUT2D eigenvalue weighted by atomic mass is 9.99. The molecule has 0 aliphatic heterocycles. The van der Waals surface area contributed by atoms with Crippen molar-refractivity contribution in [3.05, 3.63) is 53.5 Å². The van der Waals surface area contributed by atoms with Gasteiger partial charge in [0.25, 0.3) is 0 Å². The predicted octanol–water partition coefficient (Wildman–Crippen LogP) is 5.50. The molecule has 0 unspecified atom stereocenters. The molecule has 2 heterocycles. The Kier molecular flexibility index (Phi) is 6.23. The van der Waals surface area contributed by atoms with Crippen molar-refractivity contribution in [1.29, 1.82) is 0 Å². The molecule has 0 aliphatic carbocycles. The highest BCUT2D eigenvalue weighted by Crippen LogP contribution is 2.29. The van der Waals surface area contributed by atoms with Crippen LogP contribution in [0, 0.1) is 0 Å². The van der Waals surface area contributed by atoms with E-state index in [0.29, 0.717) is 17.1 Å². The van der Waals surface area contributed by atoms with Gasteiger partial charge in [0.1, 0.15) is 11.4 Å². The fraction of sp³-hybridized carbons (Fsp3) is 0.286. The van der Waals surface area contributed by atoms with Crippen LogP contribution in [0.5, 0.6) is 5.75 Å². The van der Waals surface area contributed by atoms with Crippen LogP contribution < -0.4 is 4.74 Å². The van der Waals surface area contributed by atoms with Gasteiger partial charge in [-0.25, -0.2) is 9.97 Å². The molecule has 2 aromatic heterocycles. The molecule has 0 aliphatic rings. The average molecular weight is 436 g/mol. The van der Waals surface area contributed by atoms with Crippen LogP contribution in [0.25, 0.3) is 22.0 Å². The van der Waals surface area contributed by atoms with Crippen molar-refractivity contribution in [3.8, 4) is 27.7 Å². The van der Waals surface area contributed by atoms with E-state index in [1.807, 2.05) is 17.5 Å². The summed E-state index contributed by atoms with van der Waals surface area (Å²) in [6.45, 7) is 3.24. The van der Waals surface area contributed by atoms with Crippen molar-refractivity contribution in [2.24, 2.45) is 0 Å². The summed E-state index contributed by atoms with van der Waals surface area (Å²) in [4.78, 5) is 22.3.